The second-order valence-corrected chi connectivity index (χ2v) is 21.2. The maximum atomic E-state index is 15.0. The number of aromatic amines is 1. The fourth-order valence-corrected chi connectivity index (χ4v) is 10.4. The zero-order valence-corrected chi connectivity index (χ0v) is 47.3. The number of hydrogen-bond acceptors (Lipinski definition) is 12. The topological polar surface area (TPSA) is 402 Å². The van der Waals surface area contributed by atoms with Crippen LogP contribution in [0.15, 0.2) is 77.9 Å². The van der Waals surface area contributed by atoms with Crippen molar-refractivity contribution in [2.24, 2.45) is 27.9 Å². The molecule has 4 aromatic rings. The number of fused-ring (bicyclic) bond motifs is 3. The summed E-state index contributed by atoms with van der Waals surface area (Å²) in [6.45, 7) is 3.45. The number of guanidine groups is 1. The summed E-state index contributed by atoms with van der Waals surface area (Å²) in [4.78, 5) is 150. The lowest BCUT2D eigenvalue weighted by Gasteiger charge is -2.31. The Morgan fingerprint density at radius 3 is 2.07 bits per heavy atom. The molecule has 2 saturated heterocycles. The van der Waals surface area contributed by atoms with Crippen LogP contribution in [0.25, 0.3) is 21.7 Å². The number of primary amides is 1. The van der Waals surface area contributed by atoms with Crippen molar-refractivity contribution >= 4 is 86.7 Å². The van der Waals surface area contributed by atoms with E-state index in [2.05, 4.69) is 52.5 Å². The molecule has 1 aromatic heterocycles. The van der Waals surface area contributed by atoms with Gasteiger partial charge in [-0.1, -0.05) is 80.4 Å². The molecule has 83 heavy (non-hydrogen) atoms. The molecular weight excluding hydrogens is 1070 g/mol. The zero-order valence-electron chi connectivity index (χ0n) is 47.3. The molecule has 0 unspecified atom stereocenters. The molecule has 0 radical (unpaired) electrons. The van der Waals surface area contributed by atoms with Gasteiger partial charge in [0.25, 0.3) is 0 Å². The largest absolute Gasteiger partial charge is 0.370 e. The number of nitrogens with two attached hydrogens (primary N) is 4. The lowest BCUT2D eigenvalue weighted by atomic mass is 9.99. The Balaban J connectivity index is 1.41. The van der Waals surface area contributed by atoms with E-state index in [1.54, 1.807) is 12.3 Å². The number of unbranched alkanes of at least 4 members (excludes halogenated alkanes) is 1. The van der Waals surface area contributed by atoms with Crippen molar-refractivity contribution in [2.75, 3.05) is 26.2 Å². The van der Waals surface area contributed by atoms with Gasteiger partial charge in [0.05, 0.1) is 6.42 Å². The fraction of sp³-hybridized carbons (Fsp3) is 0.500. The summed E-state index contributed by atoms with van der Waals surface area (Å²) in [6, 6.07) is 10.0. The van der Waals surface area contributed by atoms with Gasteiger partial charge >= 0.3 is 0 Å². The normalized spacial score (nSPS) is 22.4. The van der Waals surface area contributed by atoms with Crippen molar-refractivity contribution in [3.05, 3.63) is 84.1 Å². The standard InChI is InChI=1S/C58H81N15O10/c1-3-4-17-42(66-34(2)74)51(77)72-47-32-49(75)63-26-10-9-19-41(50(60)76)67-52(78)43(20-11-25-59)68-55(81)46(31-38-33-65-40-18-8-7-16-39(38)40)70-53(79)44(21-12-27-64-58(61)62)69-54(80)45(71-56(82)48-22-13-28-73(48)57(47)83)30-35-23-24-36-14-5-6-15-37(36)29-35/h5-8,14-16,18,23-24,29,33,41-48,65H,3-4,9-13,17,19-22,25-28,30-32,59H2,1-2H3,(H2,60,76)(H,63,75)(H,66,74)(H,67,78)(H,68,81)(H,69,80)(H,70,79)(H,71,82)(H,72,77)(H4,61,62,64)/t41-,42-,43-,44-,45+,46-,47-,48-/m0/s1. The summed E-state index contributed by atoms with van der Waals surface area (Å²) < 4.78 is 0. The first-order valence-electron chi connectivity index (χ1n) is 28.6. The third-order valence-corrected chi connectivity index (χ3v) is 14.8. The number of nitrogens with zero attached hydrogens (tertiary/aromatic N) is 2. The number of benzene rings is 3. The van der Waals surface area contributed by atoms with Crippen LogP contribution in [-0.2, 0) is 60.8 Å². The van der Waals surface area contributed by atoms with E-state index in [1.807, 2.05) is 67.6 Å². The predicted octanol–water partition coefficient (Wildman–Crippen LogP) is -0.331. The molecule has 17 N–H and O–H groups in total. The molecule has 0 bridgehead atoms. The first kappa shape index (κ1) is 63.6. The number of rotatable bonds is 18. The number of nitrogens with one attached hydrogen (secondary N) is 9. The van der Waals surface area contributed by atoms with Gasteiger partial charge in [0.1, 0.15) is 48.3 Å². The highest BCUT2D eigenvalue weighted by Gasteiger charge is 2.41. The number of hydrogen-bond donors (Lipinski definition) is 13. The number of aliphatic imine (C=N–C) groups is 1. The minimum absolute atomic E-state index is 0.0301. The van der Waals surface area contributed by atoms with Crippen molar-refractivity contribution in [2.45, 2.75) is 158 Å². The average molecular weight is 1150 g/mol. The van der Waals surface area contributed by atoms with Gasteiger partial charge in [-0.05, 0) is 98.7 Å². The van der Waals surface area contributed by atoms with Crippen molar-refractivity contribution in [1.82, 2.24) is 52.4 Å². The summed E-state index contributed by atoms with van der Waals surface area (Å²) in [5.41, 5.74) is 25.0. The molecule has 3 heterocycles. The molecule has 448 valence electrons. The van der Waals surface area contributed by atoms with E-state index in [1.165, 1.54) is 11.8 Å². The number of carbonyl (C=O) groups is 10. The van der Waals surface area contributed by atoms with E-state index >= 15 is 4.79 Å². The summed E-state index contributed by atoms with van der Waals surface area (Å²) in [6.07, 6.45) is 3.87. The van der Waals surface area contributed by atoms with E-state index < -0.39 is 114 Å². The summed E-state index contributed by atoms with van der Waals surface area (Å²) in [5, 5.41) is 24.6. The summed E-state index contributed by atoms with van der Waals surface area (Å²) in [7, 11) is 0. The minimum atomic E-state index is -1.51. The van der Waals surface area contributed by atoms with Gasteiger partial charge in [-0.3, -0.25) is 52.9 Å². The molecule has 8 atom stereocenters. The second kappa shape index (κ2) is 31.6. The molecule has 2 fully saturated rings. The minimum Gasteiger partial charge on any atom is -0.370 e. The van der Waals surface area contributed by atoms with Gasteiger partial charge in [0.2, 0.25) is 59.1 Å². The van der Waals surface area contributed by atoms with Crippen LogP contribution in [0, 0.1) is 0 Å². The lowest BCUT2D eigenvalue weighted by molar-refractivity contribution is -0.143. The van der Waals surface area contributed by atoms with Crippen LogP contribution in [0.2, 0.25) is 0 Å². The molecule has 10 amide bonds. The van der Waals surface area contributed by atoms with E-state index in [0.717, 1.165) is 21.7 Å². The first-order chi connectivity index (χ1) is 39.8. The number of H-pyrrole nitrogens is 1. The highest BCUT2D eigenvalue weighted by atomic mass is 16.2. The van der Waals surface area contributed by atoms with Gasteiger partial charge in [0.15, 0.2) is 5.96 Å². The number of amides is 10. The van der Waals surface area contributed by atoms with Crippen LogP contribution in [0.4, 0.5) is 0 Å². The molecule has 0 aliphatic carbocycles. The lowest BCUT2D eigenvalue weighted by Crippen LogP contribution is -2.60. The average Bonchev–Trinajstić information content (AvgIpc) is 4.36. The van der Waals surface area contributed by atoms with Crippen LogP contribution >= 0.6 is 0 Å². The molecule has 2 aliphatic rings. The third kappa shape index (κ3) is 19.0. The quantitative estimate of drug-likeness (QED) is 0.0345. The van der Waals surface area contributed by atoms with Crippen molar-refractivity contribution in [3.8, 4) is 0 Å². The van der Waals surface area contributed by atoms with Gasteiger partial charge < -0.3 is 75.4 Å². The SMILES string of the molecule is CCCC[C@H](NC(C)=O)C(=O)N[C@H]1CC(=O)NCCCC[C@@H](C(N)=O)NC(=O)[C@H](CCCN)NC(=O)[C@H](Cc2c[nH]c3ccccc23)NC(=O)[C@H](CCCN=C(N)N)NC(=O)[C@@H](Cc2ccc3ccccc3c2)NC(=O)[C@@H]2CCCN2C1=O. The van der Waals surface area contributed by atoms with Crippen molar-refractivity contribution in [1.29, 1.82) is 0 Å². The Bertz CT molecular complexity index is 2980. The third-order valence-electron chi connectivity index (χ3n) is 14.8. The molecule has 25 nitrogen and oxygen atoms in total. The zero-order chi connectivity index (χ0) is 60.0. The second-order valence-electron chi connectivity index (χ2n) is 21.2. The number of aromatic nitrogens is 1. The summed E-state index contributed by atoms with van der Waals surface area (Å²) >= 11 is 0. The van der Waals surface area contributed by atoms with E-state index in [4.69, 9.17) is 22.9 Å². The molecular formula is C58H81N15O10. The number of carbonyl (C=O) groups excluding carboxylic acids is 10. The van der Waals surface area contributed by atoms with Crippen LogP contribution in [-0.4, -0.2) is 149 Å². The molecule has 6 rings (SSSR count). The van der Waals surface area contributed by atoms with Gasteiger partial charge in [-0.15, -0.1) is 0 Å². The van der Waals surface area contributed by atoms with E-state index in [-0.39, 0.29) is 103 Å². The fourth-order valence-electron chi connectivity index (χ4n) is 10.4. The van der Waals surface area contributed by atoms with Gasteiger partial charge in [-0.2, -0.15) is 0 Å². The van der Waals surface area contributed by atoms with Crippen LogP contribution in [0.5, 0.6) is 0 Å². The van der Waals surface area contributed by atoms with E-state index in [9.17, 15) is 43.2 Å². The smallest absolute Gasteiger partial charge is 0.246 e. The molecule has 2 aliphatic heterocycles. The molecule has 0 saturated carbocycles. The Kier molecular flexibility index (Phi) is 24.2. The maximum absolute atomic E-state index is 15.0. The molecule has 0 spiro atoms. The van der Waals surface area contributed by atoms with E-state index in [0.29, 0.717) is 30.4 Å². The van der Waals surface area contributed by atoms with Crippen LogP contribution in [0.1, 0.15) is 108 Å². The van der Waals surface area contributed by atoms with Crippen molar-refractivity contribution < 1.29 is 47.9 Å². The Morgan fingerprint density at radius 1 is 0.723 bits per heavy atom. The first-order valence-corrected chi connectivity index (χ1v) is 28.6. The number of para-hydroxylation sites is 1. The monoisotopic (exact) mass is 1150 g/mol. The van der Waals surface area contributed by atoms with Crippen molar-refractivity contribution in [3.63, 3.8) is 0 Å². The highest BCUT2D eigenvalue weighted by Crippen LogP contribution is 2.23. The summed E-state index contributed by atoms with van der Waals surface area (Å²) in [5.74, 6) is -7.52. The Morgan fingerprint density at radius 2 is 1.37 bits per heavy atom. The highest BCUT2D eigenvalue weighted by molar-refractivity contribution is 6.00. The van der Waals surface area contributed by atoms with Gasteiger partial charge in [0, 0.05) is 56.5 Å². The van der Waals surface area contributed by atoms with Crippen LogP contribution in [0.3, 0.4) is 0 Å². The Hall–Kier alpha value is -8.61. The Labute approximate surface area is 482 Å². The van der Waals surface area contributed by atoms with Gasteiger partial charge in [-0.25, -0.2) is 0 Å². The van der Waals surface area contributed by atoms with Crippen LogP contribution < -0.4 is 65.5 Å². The molecule has 3 aromatic carbocycles. The predicted molar refractivity (Wildman–Crippen MR) is 312 cm³/mol. The maximum Gasteiger partial charge on any atom is 0.246 e. The molecule has 25 heteroatoms.